The molecule has 0 aromatic heterocycles. The highest BCUT2D eigenvalue weighted by atomic mass is 15.0. The molecule has 2 N–H and O–H groups in total. The van der Waals surface area contributed by atoms with Gasteiger partial charge >= 0.3 is 0 Å². The van der Waals surface area contributed by atoms with Crippen LogP contribution < -0.4 is 10.6 Å². The van der Waals surface area contributed by atoms with Crippen LogP contribution in [0.4, 0.5) is 0 Å². The van der Waals surface area contributed by atoms with Gasteiger partial charge in [0.25, 0.3) is 0 Å². The Labute approximate surface area is 103 Å². The lowest BCUT2D eigenvalue weighted by Crippen LogP contribution is -2.40. The fourth-order valence-electron chi connectivity index (χ4n) is 1.68. The Hall–Kier alpha value is -0.0800. The van der Waals surface area contributed by atoms with Crippen molar-refractivity contribution < 1.29 is 0 Å². The van der Waals surface area contributed by atoms with Crippen LogP contribution in [-0.4, -0.2) is 25.2 Å². The highest BCUT2D eigenvalue weighted by molar-refractivity contribution is 4.70. The third kappa shape index (κ3) is 13.9. The number of hydrogen-bond donors (Lipinski definition) is 2. The minimum absolute atomic E-state index is 0.252. The molecule has 0 unspecified atom stereocenters. The van der Waals surface area contributed by atoms with Crippen molar-refractivity contribution >= 4 is 0 Å². The summed E-state index contributed by atoms with van der Waals surface area (Å²) in [6.45, 7) is 12.2. The maximum Gasteiger partial charge on any atom is 0.00970 e. The summed E-state index contributed by atoms with van der Waals surface area (Å²) in [5.41, 5.74) is 0.252. The van der Waals surface area contributed by atoms with Crippen LogP contribution in [0.3, 0.4) is 0 Å². The predicted octanol–water partition coefficient (Wildman–Crippen LogP) is 3.32. The van der Waals surface area contributed by atoms with E-state index in [2.05, 4.69) is 38.3 Å². The van der Waals surface area contributed by atoms with Crippen molar-refractivity contribution in [2.45, 2.75) is 71.8 Å². The van der Waals surface area contributed by atoms with Crippen LogP contribution in [-0.2, 0) is 0 Å². The maximum atomic E-state index is 3.49. The molecule has 98 valence electrons. The monoisotopic (exact) mass is 228 g/mol. The molecule has 2 nitrogen and oxygen atoms in total. The van der Waals surface area contributed by atoms with Crippen LogP contribution in [0.5, 0.6) is 0 Å². The molecule has 0 spiro atoms. The van der Waals surface area contributed by atoms with Gasteiger partial charge in [0.1, 0.15) is 0 Å². The van der Waals surface area contributed by atoms with Gasteiger partial charge in [-0.15, -0.1) is 0 Å². The molecular formula is C14H32N2. The van der Waals surface area contributed by atoms with E-state index in [-0.39, 0.29) is 5.54 Å². The van der Waals surface area contributed by atoms with Gasteiger partial charge in [-0.3, -0.25) is 0 Å². The van der Waals surface area contributed by atoms with Crippen LogP contribution >= 0.6 is 0 Å². The first-order valence-electron chi connectivity index (χ1n) is 7.02. The maximum absolute atomic E-state index is 3.49. The smallest absolute Gasteiger partial charge is 0.00970 e. The third-order valence-corrected chi connectivity index (χ3v) is 2.66. The molecule has 0 aliphatic carbocycles. The van der Waals surface area contributed by atoms with Gasteiger partial charge in [-0.1, -0.05) is 39.0 Å². The Morgan fingerprint density at radius 1 is 0.750 bits per heavy atom. The normalized spacial score (nSPS) is 12.0. The molecule has 2 heteroatoms. The van der Waals surface area contributed by atoms with Crippen molar-refractivity contribution in [3.05, 3.63) is 0 Å². The van der Waals surface area contributed by atoms with Crippen LogP contribution in [0.25, 0.3) is 0 Å². The minimum Gasteiger partial charge on any atom is -0.315 e. The molecule has 0 atom stereocenters. The molecule has 0 saturated heterocycles. The highest BCUT2D eigenvalue weighted by Gasteiger charge is 2.06. The Balaban J connectivity index is 2.99. The Bertz CT molecular complexity index is 138. The van der Waals surface area contributed by atoms with Crippen LogP contribution in [0, 0.1) is 0 Å². The highest BCUT2D eigenvalue weighted by Crippen LogP contribution is 2.03. The molecule has 16 heavy (non-hydrogen) atoms. The lowest BCUT2D eigenvalue weighted by Gasteiger charge is -2.20. The average Bonchev–Trinajstić information content (AvgIpc) is 2.19. The molecule has 0 aromatic rings. The Morgan fingerprint density at radius 2 is 1.38 bits per heavy atom. The predicted molar refractivity (Wildman–Crippen MR) is 74.0 cm³/mol. The number of nitrogens with one attached hydrogen (secondary N) is 2. The summed E-state index contributed by atoms with van der Waals surface area (Å²) in [7, 11) is 0. The first-order valence-corrected chi connectivity index (χ1v) is 7.02. The minimum atomic E-state index is 0.252. The van der Waals surface area contributed by atoms with Gasteiger partial charge in [0.05, 0.1) is 0 Å². The molecular weight excluding hydrogens is 196 g/mol. The average molecular weight is 228 g/mol. The Morgan fingerprint density at radius 3 is 2.00 bits per heavy atom. The van der Waals surface area contributed by atoms with Gasteiger partial charge < -0.3 is 10.6 Å². The van der Waals surface area contributed by atoms with E-state index in [1.807, 2.05) is 0 Å². The summed E-state index contributed by atoms with van der Waals surface area (Å²) in [6.07, 6.45) is 8.30. The van der Waals surface area contributed by atoms with E-state index in [9.17, 15) is 0 Å². The number of rotatable bonds is 10. The molecule has 0 saturated carbocycles. The zero-order chi connectivity index (χ0) is 12.3. The summed E-state index contributed by atoms with van der Waals surface area (Å²) >= 11 is 0. The van der Waals surface area contributed by atoms with E-state index in [1.54, 1.807) is 0 Å². The molecule has 0 radical (unpaired) electrons. The van der Waals surface area contributed by atoms with E-state index in [1.165, 1.54) is 45.1 Å². The van der Waals surface area contributed by atoms with Crippen molar-refractivity contribution in [2.75, 3.05) is 19.6 Å². The summed E-state index contributed by atoms with van der Waals surface area (Å²) in [6, 6.07) is 0. The largest absolute Gasteiger partial charge is 0.315 e. The second kappa shape index (κ2) is 10.1. The zero-order valence-corrected chi connectivity index (χ0v) is 11.9. The van der Waals surface area contributed by atoms with E-state index in [0.717, 1.165) is 13.1 Å². The van der Waals surface area contributed by atoms with Gasteiger partial charge in [0, 0.05) is 18.6 Å². The standard InChI is InChI=1S/C14H32N2/c1-5-6-7-8-9-10-11-15-12-13-16-14(2,3)4/h15-16H,5-13H2,1-4H3. The molecule has 0 heterocycles. The first-order chi connectivity index (χ1) is 7.56. The van der Waals surface area contributed by atoms with Crippen molar-refractivity contribution in [1.29, 1.82) is 0 Å². The molecule has 0 bridgehead atoms. The molecule has 0 aromatic carbocycles. The van der Waals surface area contributed by atoms with Gasteiger partial charge in [-0.2, -0.15) is 0 Å². The Kier molecular flexibility index (Phi) is 10.0. The van der Waals surface area contributed by atoms with Crippen LogP contribution in [0.2, 0.25) is 0 Å². The van der Waals surface area contributed by atoms with Crippen molar-refractivity contribution in [3.8, 4) is 0 Å². The summed E-state index contributed by atoms with van der Waals surface area (Å²) < 4.78 is 0. The van der Waals surface area contributed by atoms with E-state index < -0.39 is 0 Å². The first kappa shape index (κ1) is 15.9. The van der Waals surface area contributed by atoms with E-state index >= 15 is 0 Å². The summed E-state index contributed by atoms with van der Waals surface area (Å²) in [4.78, 5) is 0. The van der Waals surface area contributed by atoms with Gasteiger partial charge in [-0.25, -0.2) is 0 Å². The van der Waals surface area contributed by atoms with Gasteiger partial charge in [0.2, 0.25) is 0 Å². The van der Waals surface area contributed by atoms with Crippen molar-refractivity contribution in [1.82, 2.24) is 10.6 Å². The summed E-state index contributed by atoms with van der Waals surface area (Å²) in [5.74, 6) is 0. The second-order valence-electron chi connectivity index (χ2n) is 5.69. The van der Waals surface area contributed by atoms with E-state index in [4.69, 9.17) is 0 Å². The third-order valence-electron chi connectivity index (χ3n) is 2.66. The molecule has 0 amide bonds. The number of hydrogen-bond acceptors (Lipinski definition) is 2. The SMILES string of the molecule is CCCCCCCCNCCNC(C)(C)C. The molecule has 0 aliphatic heterocycles. The fraction of sp³-hybridized carbons (Fsp3) is 1.00. The topological polar surface area (TPSA) is 24.1 Å². The number of unbranched alkanes of at least 4 members (excludes halogenated alkanes) is 5. The second-order valence-corrected chi connectivity index (χ2v) is 5.69. The lowest BCUT2D eigenvalue weighted by molar-refractivity contribution is 0.420. The molecule has 0 aliphatic rings. The zero-order valence-electron chi connectivity index (χ0n) is 11.9. The van der Waals surface area contributed by atoms with Gasteiger partial charge in [-0.05, 0) is 33.7 Å². The lowest BCUT2D eigenvalue weighted by atomic mass is 10.1. The van der Waals surface area contributed by atoms with E-state index in [0.29, 0.717) is 0 Å². The van der Waals surface area contributed by atoms with Crippen molar-refractivity contribution in [3.63, 3.8) is 0 Å². The fourth-order valence-corrected chi connectivity index (χ4v) is 1.68. The summed E-state index contributed by atoms with van der Waals surface area (Å²) in [5, 5.41) is 6.96. The van der Waals surface area contributed by atoms with Crippen LogP contribution in [0.1, 0.15) is 66.2 Å². The molecule has 0 rings (SSSR count). The van der Waals surface area contributed by atoms with Gasteiger partial charge in [0.15, 0.2) is 0 Å². The van der Waals surface area contributed by atoms with Crippen molar-refractivity contribution in [2.24, 2.45) is 0 Å². The quantitative estimate of drug-likeness (QED) is 0.561. The van der Waals surface area contributed by atoms with Crippen LogP contribution in [0.15, 0.2) is 0 Å². The molecule has 0 fully saturated rings.